The van der Waals surface area contributed by atoms with Crippen molar-refractivity contribution in [3.8, 4) is 6.07 Å². The Morgan fingerprint density at radius 2 is 2.00 bits per heavy atom. The van der Waals surface area contributed by atoms with Gasteiger partial charge >= 0.3 is 6.09 Å². The molecule has 2 fully saturated rings. The first-order chi connectivity index (χ1) is 13.9. The Morgan fingerprint density at radius 1 is 1.33 bits per heavy atom. The molecule has 0 aromatic heterocycles. The molecular formula is C20H24ClN3O5S. The van der Waals surface area contributed by atoms with E-state index in [2.05, 4.69) is 11.4 Å². The molecular weight excluding hydrogens is 430 g/mol. The number of carbonyl (C=O) groups is 2. The van der Waals surface area contributed by atoms with E-state index in [4.69, 9.17) is 16.3 Å². The number of carbonyl (C=O) groups excluding carboxylic acids is 2. The first-order valence-corrected chi connectivity index (χ1v) is 11.5. The number of hydrogen-bond acceptors (Lipinski definition) is 6. The van der Waals surface area contributed by atoms with Crippen molar-refractivity contribution in [3.63, 3.8) is 0 Å². The third-order valence-corrected chi connectivity index (χ3v) is 7.45. The zero-order chi connectivity index (χ0) is 22.3. The molecule has 0 radical (unpaired) electrons. The zero-order valence-electron chi connectivity index (χ0n) is 17.0. The number of sulfone groups is 1. The molecule has 3 rings (SSSR count). The molecule has 1 saturated carbocycles. The largest absolute Gasteiger partial charge is 0.444 e. The van der Waals surface area contributed by atoms with Gasteiger partial charge in [0.1, 0.15) is 17.2 Å². The van der Waals surface area contributed by atoms with E-state index >= 15 is 0 Å². The van der Waals surface area contributed by atoms with E-state index in [-0.39, 0.29) is 22.9 Å². The second kappa shape index (κ2) is 7.75. The van der Waals surface area contributed by atoms with E-state index in [0.29, 0.717) is 12.8 Å². The van der Waals surface area contributed by atoms with Crippen molar-refractivity contribution in [2.24, 2.45) is 0 Å². The van der Waals surface area contributed by atoms with E-state index in [9.17, 15) is 23.3 Å². The molecule has 2 atom stereocenters. The molecule has 2 aliphatic rings. The summed E-state index contributed by atoms with van der Waals surface area (Å²) >= 11 is 5.94. The van der Waals surface area contributed by atoms with E-state index < -0.39 is 44.3 Å². The summed E-state index contributed by atoms with van der Waals surface area (Å²) in [5.41, 5.74) is -1.74. The molecule has 2 unspecified atom stereocenters. The molecule has 1 aromatic rings. The normalized spacial score (nSPS) is 22.8. The second-order valence-corrected chi connectivity index (χ2v) is 11.4. The number of nitrogens with zero attached hydrogens (tertiary/aromatic N) is 2. The number of rotatable bonds is 4. The predicted molar refractivity (Wildman–Crippen MR) is 109 cm³/mol. The van der Waals surface area contributed by atoms with Crippen molar-refractivity contribution in [1.82, 2.24) is 10.2 Å². The molecule has 1 N–H and O–H groups in total. The SMILES string of the molecule is CC(C)(C)OC(=O)N1CC(S(=O)(=O)c2cccc(Cl)c2)CC1C(=O)NC1(C#N)CC1. The van der Waals surface area contributed by atoms with Gasteiger partial charge in [-0.1, -0.05) is 17.7 Å². The van der Waals surface area contributed by atoms with E-state index in [1.807, 2.05) is 0 Å². The van der Waals surface area contributed by atoms with Crippen LogP contribution in [0, 0.1) is 11.3 Å². The average Bonchev–Trinajstić information content (AvgIpc) is 3.25. The van der Waals surface area contributed by atoms with Gasteiger partial charge in [0, 0.05) is 11.6 Å². The fraction of sp³-hybridized carbons (Fsp3) is 0.550. The lowest BCUT2D eigenvalue weighted by atomic mass is 10.2. The van der Waals surface area contributed by atoms with Crippen LogP contribution >= 0.6 is 11.6 Å². The van der Waals surface area contributed by atoms with Gasteiger partial charge in [0.15, 0.2) is 9.84 Å². The quantitative estimate of drug-likeness (QED) is 0.749. The highest BCUT2D eigenvalue weighted by atomic mass is 35.5. The third-order valence-electron chi connectivity index (χ3n) is 5.08. The van der Waals surface area contributed by atoms with Crippen molar-refractivity contribution in [2.45, 2.75) is 67.4 Å². The van der Waals surface area contributed by atoms with Crippen molar-refractivity contribution < 1.29 is 22.7 Å². The van der Waals surface area contributed by atoms with Gasteiger partial charge in [0.05, 0.1) is 16.2 Å². The van der Waals surface area contributed by atoms with Crippen LogP contribution in [-0.2, 0) is 19.4 Å². The highest BCUT2D eigenvalue weighted by molar-refractivity contribution is 7.92. The molecule has 0 bridgehead atoms. The van der Waals surface area contributed by atoms with Crippen LogP contribution in [0.5, 0.6) is 0 Å². The highest BCUT2D eigenvalue weighted by Crippen LogP contribution is 2.36. The predicted octanol–water partition coefficient (Wildman–Crippen LogP) is 2.66. The maximum Gasteiger partial charge on any atom is 0.411 e. The Morgan fingerprint density at radius 3 is 2.53 bits per heavy atom. The number of benzene rings is 1. The Bertz CT molecular complexity index is 1010. The van der Waals surface area contributed by atoms with Gasteiger partial charge in [-0.3, -0.25) is 9.69 Å². The van der Waals surface area contributed by atoms with Gasteiger partial charge in [-0.15, -0.1) is 0 Å². The van der Waals surface area contributed by atoms with Gasteiger partial charge in [-0.05, 0) is 58.2 Å². The van der Waals surface area contributed by atoms with Crippen LogP contribution in [0.3, 0.4) is 0 Å². The summed E-state index contributed by atoms with van der Waals surface area (Å²) in [6.07, 6.45) is 0.187. The number of hydrogen-bond donors (Lipinski definition) is 1. The third kappa shape index (κ3) is 4.71. The van der Waals surface area contributed by atoms with Crippen LogP contribution in [0.25, 0.3) is 0 Å². The summed E-state index contributed by atoms with van der Waals surface area (Å²) in [6.45, 7) is 4.86. The molecule has 1 heterocycles. The van der Waals surface area contributed by atoms with Crippen LogP contribution < -0.4 is 5.32 Å². The minimum atomic E-state index is -3.85. The van der Waals surface area contributed by atoms with Crippen molar-refractivity contribution in [2.75, 3.05) is 6.54 Å². The lowest BCUT2D eigenvalue weighted by molar-refractivity contribution is -0.126. The molecule has 2 amide bonds. The number of amides is 2. The van der Waals surface area contributed by atoms with Gasteiger partial charge in [-0.25, -0.2) is 13.2 Å². The van der Waals surface area contributed by atoms with Crippen molar-refractivity contribution >= 4 is 33.4 Å². The lowest BCUT2D eigenvalue weighted by Gasteiger charge is -2.28. The maximum absolute atomic E-state index is 13.1. The number of ether oxygens (including phenoxy) is 1. The van der Waals surface area contributed by atoms with Gasteiger partial charge in [-0.2, -0.15) is 5.26 Å². The van der Waals surface area contributed by atoms with Gasteiger partial charge < -0.3 is 10.1 Å². The molecule has 8 nitrogen and oxygen atoms in total. The average molecular weight is 454 g/mol. The summed E-state index contributed by atoms with van der Waals surface area (Å²) in [7, 11) is -3.85. The summed E-state index contributed by atoms with van der Waals surface area (Å²) in [5, 5.41) is 11.2. The van der Waals surface area contributed by atoms with Crippen LogP contribution in [0.4, 0.5) is 4.79 Å². The fourth-order valence-corrected chi connectivity index (χ4v) is 5.33. The topological polar surface area (TPSA) is 117 Å². The first-order valence-electron chi connectivity index (χ1n) is 9.59. The maximum atomic E-state index is 13.1. The van der Waals surface area contributed by atoms with Crippen LogP contribution in [0.15, 0.2) is 29.2 Å². The Balaban J connectivity index is 1.88. The smallest absolute Gasteiger partial charge is 0.411 e. The van der Waals surface area contributed by atoms with Crippen LogP contribution in [-0.4, -0.2) is 54.3 Å². The zero-order valence-corrected chi connectivity index (χ0v) is 18.6. The number of nitrogens with one attached hydrogen (secondary N) is 1. The van der Waals surface area contributed by atoms with Crippen LogP contribution in [0.1, 0.15) is 40.0 Å². The first kappa shape index (κ1) is 22.4. The fourth-order valence-electron chi connectivity index (χ4n) is 3.34. The molecule has 30 heavy (non-hydrogen) atoms. The summed E-state index contributed by atoms with van der Waals surface area (Å²) in [4.78, 5) is 26.8. The molecule has 1 aliphatic carbocycles. The molecule has 10 heteroatoms. The van der Waals surface area contributed by atoms with Gasteiger partial charge in [0.25, 0.3) is 0 Å². The number of likely N-dealkylation sites (tertiary alicyclic amines) is 1. The summed E-state index contributed by atoms with van der Waals surface area (Å²) in [6, 6.07) is 6.88. The number of nitriles is 1. The van der Waals surface area contributed by atoms with Crippen molar-refractivity contribution in [1.29, 1.82) is 5.26 Å². The summed E-state index contributed by atoms with van der Waals surface area (Å²) < 4.78 is 31.7. The Labute approximate surface area is 181 Å². The minimum Gasteiger partial charge on any atom is -0.444 e. The Hall–Kier alpha value is -2.31. The lowest BCUT2D eigenvalue weighted by Crippen LogP contribution is -2.50. The number of halogens is 1. The minimum absolute atomic E-state index is 0.0286. The van der Waals surface area contributed by atoms with Crippen molar-refractivity contribution in [3.05, 3.63) is 29.3 Å². The standard InChI is InChI=1S/C20H24ClN3O5S/c1-19(2,3)29-18(26)24-11-15(30(27,28)14-6-4-5-13(21)9-14)10-16(24)17(25)23-20(12-22)7-8-20/h4-6,9,15-16H,7-8,10-11H2,1-3H3,(H,23,25). The monoisotopic (exact) mass is 453 g/mol. The molecule has 162 valence electrons. The molecule has 0 spiro atoms. The Kier molecular flexibility index (Phi) is 5.78. The second-order valence-electron chi connectivity index (χ2n) is 8.69. The summed E-state index contributed by atoms with van der Waals surface area (Å²) in [5.74, 6) is -0.552. The van der Waals surface area contributed by atoms with E-state index in [1.165, 1.54) is 18.2 Å². The van der Waals surface area contributed by atoms with Crippen LogP contribution in [0.2, 0.25) is 5.02 Å². The molecule has 1 saturated heterocycles. The molecule has 1 aliphatic heterocycles. The molecule has 1 aromatic carbocycles. The van der Waals surface area contributed by atoms with E-state index in [1.54, 1.807) is 26.8 Å². The van der Waals surface area contributed by atoms with Gasteiger partial charge in [0.2, 0.25) is 5.91 Å². The highest BCUT2D eigenvalue weighted by Gasteiger charge is 2.51. The van der Waals surface area contributed by atoms with E-state index in [0.717, 1.165) is 4.90 Å².